The normalized spacial score (nSPS) is 29.1. The maximum Gasteiger partial charge on any atom is 0.0731 e. The van der Waals surface area contributed by atoms with Crippen molar-refractivity contribution in [2.24, 2.45) is 0 Å². The van der Waals surface area contributed by atoms with Gasteiger partial charge in [0.25, 0.3) is 0 Å². The molecule has 0 radical (unpaired) electrons. The van der Waals surface area contributed by atoms with E-state index in [1.54, 1.807) is 0 Å². The van der Waals surface area contributed by atoms with Crippen molar-refractivity contribution in [1.29, 1.82) is 0 Å². The van der Waals surface area contributed by atoms with Gasteiger partial charge in [-0.05, 0) is 31.9 Å². The topological polar surface area (TPSA) is 24.5 Å². The number of benzene rings is 1. The Morgan fingerprint density at radius 2 is 2.16 bits per heavy atom. The zero-order valence-electron chi connectivity index (χ0n) is 11.7. The second-order valence-electron chi connectivity index (χ2n) is 5.63. The van der Waals surface area contributed by atoms with E-state index in [0.717, 1.165) is 19.7 Å². The van der Waals surface area contributed by atoms with Crippen LogP contribution in [0.1, 0.15) is 30.9 Å². The minimum Gasteiger partial charge on any atom is -0.375 e. The van der Waals surface area contributed by atoms with Crippen molar-refractivity contribution in [3.8, 4) is 0 Å². The first-order chi connectivity index (χ1) is 9.40. The van der Waals surface area contributed by atoms with E-state index in [0.29, 0.717) is 18.2 Å². The number of rotatable bonds is 4. The van der Waals surface area contributed by atoms with E-state index in [-0.39, 0.29) is 0 Å². The van der Waals surface area contributed by atoms with E-state index in [9.17, 15) is 0 Å². The van der Waals surface area contributed by atoms with Gasteiger partial charge in [-0.25, -0.2) is 0 Å². The molecule has 104 valence electrons. The molecule has 19 heavy (non-hydrogen) atoms. The highest BCUT2D eigenvalue weighted by Crippen LogP contribution is 2.35. The summed E-state index contributed by atoms with van der Waals surface area (Å²) in [5.41, 5.74) is 1.42. The second kappa shape index (κ2) is 6.04. The van der Waals surface area contributed by atoms with Crippen molar-refractivity contribution in [3.63, 3.8) is 0 Å². The van der Waals surface area contributed by atoms with E-state index < -0.39 is 0 Å². The summed E-state index contributed by atoms with van der Waals surface area (Å²) < 4.78 is 5.93. The fraction of sp³-hybridized carbons (Fsp3) is 0.625. The van der Waals surface area contributed by atoms with Crippen LogP contribution < -0.4 is 5.32 Å². The second-order valence-corrected chi connectivity index (χ2v) is 5.63. The van der Waals surface area contributed by atoms with Crippen molar-refractivity contribution in [2.45, 2.75) is 37.5 Å². The van der Waals surface area contributed by atoms with Gasteiger partial charge in [-0.2, -0.15) is 0 Å². The lowest BCUT2D eigenvalue weighted by Gasteiger charge is -2.42. The third-order valence-electron chi connectivity index (χ3n) is 4.51. The summed E-state index contributed by atoms with van der Waals surface area (Å²) in [6.45, 7) is 2.95. The number of nitrogens with one attached hydrogen (secondary N) is 1. The quantitative estimate of drug-likeness (QED) is 0.898. The van der Waals surface area contributed by atoms with Crippen LogP contribution in [0.4, 0.5) is 0 Å². The molecule has 1 aromatic carbocycles. The fourth-order valence-corrected chi connectivity index (χ4v) is 3.64. The van der Waals surface area contributed by atoms with Crippen molar-refractivity contribution < 1.29 is 4.74 Å². The number of hydrogen-bond acceptors (Lipinski definition) is 3. The smallest absolute Gasteiger partial charge is 0.0731 e. The molecule has 1 saturated heterocycles. The minimum absolute atomic E-state index is 0.469. The molecule has 3 atom stereocenters. The molecule has 2 fully saturated rings. The van der Waals surface area contributed by atoms with Gasteiger partial charge in [0.15, 0.2) is 0 Å². The van der Waals surface area contributed by atoms with Crippen molar-refractivity contribution >= 4 is 0 Å². The Kier molecular flexibility index (Phi) is 4.16. The van der Waals surface area contributed by atoms with Gasteiger partial charge < -0.3 is 10.1 Å². The van der Waals surface area contributed by atoms with Crippen LogP contribution in [0.15, 0.2) is 30.3 Å². The SMILES string of the molecule is CNCC(c1ccccc1)N1CCOC2CCCC21. The molecule has 3 unspecified atom stereocenters. The molecular weight excluding hydrogens is 236 g/mol. The van der Waals surface area contributed by atoms with Crippen LogP contribution in [0.5, 0.6) is 0 Å². The maximum atomic E-state index is 5.93. The van der Waals surface area contributed by atoms with E-state index >= 15 is 0 Å². The highest BCUT2D eigenvalue weighted by atomic mass is 16.5. The summed E-state index contributed by atoms with van der Waals surface area (Å²) >= 11 is 0. The summed E-state index contributed by atoms with van der Waals surface area (Å²) in [4.78, 5) is 2.67. The van der Waals surface area contributed by atoms with E-state index in [1.165, 1.54) is 24.8 Å². The Morgan fingerprint density at radius 1 is 1.32 bits per heavy atom. The summed E-state index contributed by atoms with van der Waals surface area (Å²) in [6.07, 6.45) is 4.31. The third kappa shape index (κ3) is 2.69. The molecule has 0 aromatic heterocycles. The van der Waals surface area contributed by atoms with E-state index in [4.69, 9.17) is 4.74 Å². The van der Waals surface area contributed by atoms with E-state index in [2.05, 4.69) is 40.5 Å². The molecule has 0 amide bonds. The average Bonchev–Trinajstić information content (AvgIpc) is 2.94. The molecule has 1 aromatic rings. The molecular formula is C16H24N2O. The van der Waals surface area contributed by atoms with Crippen molar-refractivity contribution in [2.75, 3.05) is 26.7 Å². The monoisotopic (exact) mass is 260 g/mol. The zero-order valence-corrected chi connectivity index (χ0v) is 11.7. The largest absolute Gasteiger partial charge is 0.375 e. The fourth-order valence-electron chi connectivity index (χ4n) is 3.64. The van der Waals surface area contributed by atoms with E-state index in [1.807, 2.05) is 7.05 Å². The summed E-state index contributed by atoms with van der Waals surface area (Å²) in [5.74, 6) is 0. The summed E-state index contributed by atoms with van der Waals surface area (Å²) in [6, 6.07) is 12.0. The molecule has 3 nitrogen and oxygen atoms in total. The highest BCUT2D eigenvalue weighted by molar-refractivity contribution is 5.20. The molecule has 1 aliphatic heterocycles. The van der Waals surface area contributed by atoms with Gasteiger partial charge in [-0.15, -0.1) is 0 Å². The van der Waals surface area contributed by atoms with Crippen LogP contribution in [0.25, 0.3) is 0 Å². The van der Waals surface area contributed by atoms with Crippen LogP contribution in [0, 0.1) is 0 Å². The minimum atomic E-state index is 0.469. The number of hydrogen-bond donors (Lipinski definition) is 1. The first-order valence-corrected chi connectivity index (χ1v) is 7.47. The molecule has 0 spiro atoms. The first-order valence-electron chi connectivity index (χ1n) is 7.47. The van der Waals surface area contributed by atoms with Crippen LogP contribution in [0.3, 0.4) is 0 Å². The Bertz CT molecular complexity index is 395. The molecule has 2 aliphatic rings. The third-order valence-corrected chi connectivity index (χ3v) is 4.51. The van der Waals surface area contributed by atoms with Gasteiger partial charge in [-0.1, -0.05) is 30.3 Å². The first kappa shape index (κ1) is 13.1. The predicted molar refractivity (Wildman–Crippen MR) is 77.2 cm³/mol. The van der Waals surface area contributed by atoms with Gasteiger partial charge in [0, 0.05) is 25.2 Å². The van der Waals surface area contributed by atoms with Crippen LogP contribution in [-0.2, 0) is 4.74 Å². The lowest BCUT2D eigenvalue weighted by atomic mass is 10.0. The number of ether oxygens (including phenoxy) is 1. The standard InChI is InChI=1S/C16H24N2O/c1-17-12-15(13-6-3-2-4-7-13)18-10-11-19-16-9-5-8-14(16)18/h2-4,6-7,14-17H,5,8-12H2,1H3. The van der Waals surface area contributed by atoms with Crippen molar-refractivity contribution in [1.82, 2.24) is 10.2 Å². The molecule has 1 heterocycles. The Morgan fingerprint density at radius 3 is 2.95 bits per heavy atom. The lowest BCUT2D eigenvalue weighted by molar-refractivity contribution is -0.0720. The number of morpholine rings is 1. The zero-order chi connectivity index (χ0) is 13.1. The Balaban J connectivity index is 1.83. The molecule has 3 heteroatoms. The molecule has 1 N–H and O–H groups in total. The number of fused-ring (bicyclic) bond motifs is 1. The molecule has 0 bridgehead atoms. The van der Waals surface area contributed by atoms with Gasteiger partial charge in [0.2, 0.25) is 0 Å². The lowest BCUT2D eigenvalue weighted by Crippen LogP contribution is -2.51. The predicted octanol–water partition coefficient (Wildman–Crippen LogP) is 2.20. The van der Waals surface area contributed by atoms with Crippen molar-refractivity contribution in [3.05, 3.63) is 35.9 Å². The average molecular weight is 260 g/mol. The molecule has 1 aliphatic carbocycles. The van der Waals surface area contributed by atoms with Gasteiger partial charge in [0.1, 0.15) is 0 Å². The number of nitrogens with zero attached hydrogens (tertiary/aromatic N) is 1. The van der Waals surface area contributed by atoms with Gasteiger partial charge in [-0.3, -0.25) is 4.90 Å². The molecule has 1 saturated carbocycles. The maximum absolute atomic E-state index is 5.93. The van der Waals surface area contributed by atoms with Crippen LogP contribution >= 0.6 is 0 Å². The summed E-state index contributed by atoms with van der Waals surface area (Å²) in [5, 5.41) is 3.36. The number of likely N-dealkylation sites (N-methyl/N-ethyl adjacent to an activating group) is 1. The van der Waals surface area contributed by atoms with Gasteiger partial charge in [0.05, 0.1) is 12.7 Å². The Labute approximate surface area is 115 Å². The van der Waals surface area contributed by atoms with Gasteiger partial charge >= 0.3 is 0 Å². The summed E-state index contributed by atoms with van der Waals surface area (Å²) in [7, 11) is 2.04. The molecule has 3 rings (SSSR count). The van der Waals surface area contributed by atoms with Crippen LogP contribution in [0.2, 0.25) is 0 Å². The Hall–Kier alpha value is -0.900. The highest BCUT2D eigenvalue weighted by Gasteiger charge is 2.39. The van der Waals surface area contributed by atoms with Crippen LogP contribution in [-0.4, -0.2) is 43.8 Å².